The Morgan fingerprint density at radius 3 is 2.50 bits per heavy atom. The standard InChI is InChI=1S/C14H20N2O3S/c1-10-4-7-13(11(2)8-10)15-14(17)9-16(12-5-6-12)20(3,18)19/h4,7-8,12H,5-6,9H2,1-3H3,(H,15,17). The van der Waals surface area contributed by atoms with Gasteiger partial charge in [-0.1, -0.05) is 17.7 Å². The third kappa shape index (κ3) is 3.80. The molecular weight excluding hydrogens is 276 g/mol. The van der Waals surface area contributed by atoms with Gasteiger partial charge in [0.05, 0.1) is 12.8 Å². The monoisotopic (exact) mass is 296 g/mol. The van der Waals surface area contributed by atoms with Crippen LogP contribution in [-0.2, 0) is 14.8 Å². The van der Waals surface area contributed by atoms with E-state index in [1.54, 1.807) is 0 Å². The van der Waals surface area contributed by atoms with E-state index >= 15 is 0 Å². The van der Waals surface area contributed by atoms with Gasteiger partial charge < -0.3 is 5.32 Å². The fraction of sp³-hybridized carbons (Fsp3) is 0.500. The SMILES string of the molecule is Cc1ccc(NC(=O)CN(C2CC2)S(C)(=O)=O)c(C)c1. The minimum Gasteiger partial charge on any atom is -0.325 e. The van der Waals surface area contributed by atoms with Crippen LogP contribution in [0.1, 0.15) is 24.0 Å². The Kier molecular flexibility index (Phi) is 4.15. The van der Waals surface area contributed by atoms with Crippen LogP contribution in [0, 0.1) is 13.8 Å². The summed E-state index contributed by atoms with van der Waals surface area (Å²) in [5.41, 5.74) is 2.82. The summed E-state index contributed by atoms with van der Waals surface area (Å²) in [7, 11) is -3.33. The van der Waals surface area contributed by atoms with E-state index in [-0.39, 0.29) is 18.5 Å². The highest BCUT2D eigenvalue weighted by molar-refractivity contribution is 7.88. The summed E-state index contributed by atoms with van der Waals surface area (Å²) in [6, 6.07) is 5.72. The van der Waals surface area contributed by atoms with Crippen molar-refractivity contribution in [1.82, 2.24) is 4.31 Å². The second-order valence-electron chi connectivity index (χ2n) is 5.41. The Morgan fingerprint density at radius 2 is 2.00 bits per heavy atom. The lowest BCUT2D eigenvalue weighted by molar-refractivity contribution is -0.116. The second kappa shape index (κ2) is 5.54. The normalized spacial score (nSPS) is 15.4. The Hall–Kier alpha value is -1.40. The molecule has 20 heavy (non-hydrogen) atoms. The number of amides is 1. The lowest BCUT2D eigenvalue weighted by Crippen LogP contribution is -2.38. The zero-order valence-electron chi connectivity index (χ0n) is 12.0. The van der Waals surface area contributed by atoms with Gasteiger partial charge in [-0.05, 0) is 38.3 Å². The minimum atomic E-state index is -3.33. The fourth-order valence-electron chi connectivity index (χ4n) is 2.16. The van der Waals surface area contributed by atoms with Gasteiger partial charge in [-0.3, -0.25) is 4.79 Å². The number of hydrogen-bond acceptors (Lipinski definition) is 3. The van der Waals surface area contributed by atoms with E-state index in [9.17, 15) is 13.2 Å². The number of carbonyl (C=O) groups is 1. The van der Waals surface area contributed by atoms with Crippen molar-refractivity contribution < 1.29 is 13.2 Å². The highest BCUT2D eigenvalue weighted by Gasteiger charge is 2.36. The number of carbonyl (C=O) groups excluding carboxylic acids is 1. The molecular formula is C14H20N2O3S. The number of anilines is 1. The molecule has 0 atom stereocenters. The van der Waals surface area contributed by atoms with Gasteiger partial charge in [-0.2, -0.15) is 4.31 Å². The van der Waals surface area contributed by atoms with Crippen LogP contribution in [0.3, 0.4) is 0 Å². The Morgan fingerprint density at radius 1 is 1.35 bits per heavy atom. The molecule has 1 aromatic carbocycles. The molecule has 5 nitrogen and oxygen atoms in total. The van der Waals surface area contributed by atoms with Gasteiger partial charge in [0.1, 0.15) is 0 Å². The van der Waals surface area contributed by atoms with Crippen molar-refractivity contribution in [2.75, 3.05) is 18.1 Å². The largest absolute Gasteiger partial charge is 0.325 e. The number of nitrogens with zero attached hydrogens (tertiary/aromatic N) is 1. The van der Waals surface area contributed by atoms with Gasteiger partial charge >= 0.3 is 0 Å². The summed E-state index contributed by atoms with van der Waals surface area (Å²) in [5, 5.41) is 2.78. The molecule has 1 aromatic rings. The molecule has 1 N–H and O–H groups in total. The number of benzene rings is 1. The molecule has 0 bridgehead atoms. The van der Waals surface area contributed by atoms with Gasteiger partial charge in [0, 0.05) is 11.7 Å². The first-order valence-electron chi connectivity index (χ1n) is 6.61. The van der Waals surface area contributed by atoms with Gasteiger partial charge in [-0.25, -0.2) is 8.42 Å². The molecule has 0 spiro atoms. The summed E-state index contributed by atoms with van der Waals surface area (Å²) in [5.74, 6) is -0.297. The maximum absolute atomic E-state index is 12.0. The summed E-state index contributed by atoms with van der Waals surface area (Å²) < 4.78 is 24.6. The molecule has 6 heteroatoms. The summed E-state index contributed by atoms with van der Waals surface area (Å²) in [6.07, 6.45) is 2.82. The lowest BCUT2D eigenvalue weighted by Gasteiger charge is -2.19. The molecule has 1 aliphatic carbocycles. The summed E-state index contributed by atoms with van der Waals surface area (Å²) >= 11 is 0. The topological polar surface area (TPSA) is 66.5 Å². The van der Waals surface area contributed by atoms with Crippen LogP contribution in [0.2, 0.25) is 0 Å². The lowest BCUT2D eigenvalue weighted by atomic mass is 10.1. The third-order valence-corrected chi connectivity index (χ3v) is 4.61. The van der Waals surface area contributed by atoms with Crippen LogP contribution in [0.5, 0.6) is 0 Å². The zero-order chi connectivity index (χ0) is 14.9. The molecule has 0 unspecified atom stereocenters. The van der Waals surface area contributed by atoms with E-state index in [2.05, 4.69) is 5.32 Å². The Labute approximate surface area is 120 Å². The van der Waals surface area contributed by atoms with E-state index in [1.807, 2.05) is 32.0 Å². The quantitative estimate of drug-likeness (QED) is 0.898. The smallest absolute Gasteiger partial charge is 0.239 e. The first-order valence-corrected chi connectivity index (χ1v) is 8.46. The second-order valence-corrected chi connectivity index (χ2v) is 7.34. The predicted octanol–water partition coefficient (Wildman–Crippen LogP) is 1.67. The van der Waals surface area contributed by atoms with Crippen molar-refractivity contribution in [3.8, 4) is 0 Å². The molecule has 1 fully saturated rings. The number of rotatable bonds is 5. The Balaban J connectivity index is 2.04. The summed E-state index contributed by atoms with van der Waals surface area (Å²) in [4.78, 5) is 12.0. The van der Waals surface area contributed by atoms with Gasteiger partial charge in [0.25, 0.3) is 0 Å². The third-order valence-electron chi connectivity index (χ3n) is 3.34. The molecule has 0 aromatic heterocycles. The molecule has 110 valence electrons. The van der Waals surface area contributed by atoms with E-state index < -0.39 is 10.0 Å². The average molecular weight is 296 g/mol. The molecule has 0 saturated heterocycles. The van der Waals surface area contributed by atoms with Crippen LogP contribution in [-0.4, -0.2) is 37.5 Å². The number of aryl methyl sites for hydroxylation is 2. The molecule has 1 aliphatic rings. The first kappa shape index (κ1) is 15.0. The highest BCUT2D eigenvalue weighted by atomic mass is 32.2. The van der Waals surface area contributed by atoms with Gasteiger partial charge in [-0.15, -0.1) is 0 Å². The van der Waals surface area contributed by atoms with Crippen LogP contribution >= 0.6 is 0 Å². The van der Waals surface area contributed by atoms with Crippen molar-refractivity contribution in [3.05, 3.63) is 29.3 Å². The van der Waals surface area contributed by atoms with Crippen LogP contribution in [0.4, 0.5) is 5.69 Å². The van der Waals surface area contributed by atoms with E-state index in [0.717, 1.165) is 35.9 Å². The van der Waals surface area contributed by atoms with E-state index in [4.69, 9.17) is 0 Å². The molecule has 2 rings (SSSR count). The van der Waals surface area contributed by atoms with Crippen molar-refractivity contribution in [2.45, 2.75) is 32.7 Å². The molecule has 0 heterocycles. The van der Waals surface area contributed by atoms with Gasteiger partial charge in [0.15, 0.2) is 0 Å². The average Bonchev–Trinajstić information content (AvgIpc) is 3.12. The summed E-state index contributed by atoms with van der Waals surface area (Å²) in [6.45, 7) is 3.78. The molecule has 1 amide bonds. The van der Waals surface area contributed by atoms with Crippen molar-refractivity contribution >= 4 is 21.6 Å². The number of sulfonamides is 1. The highest BCUT2D eigenvalue weighted by Crippen LogP contribution is 2.28. The molecule has 1 saturated carbocycles. The Bertz CT molecular complexity index is 621. The van der Waals surface area contributed by atoms with Crippen molar-refractivity contribution in [1.29, 1.82) is 0 Å². The van der Waals surface area contributed by atoms with Crippen molar-refractivity contribution in [2.24, 2.45) is 0 Å². The zero-order valence-corrected chi connectivity index (χ0v) is 12.8. The molecule has 0 radical (unpaired) electrons. The number of nitrogens with one attached hydrogen (secondary N) is 1. The maximum Gasteiger partial charge on any atom is 0.239 e. The minimum absolute atomic E-state index is 0.00475. The van der Waals surface area contributed by atoms with Crippen LogP contribution < -0.4 is 5.32 Å². The molecule has 0 aliphatic heterocycles. The maximum atomic E-state index is 12.0. The van der Waals surface area contributed by atoms with Gasteiger partial charge in [0.2, 0.25) is 15.9 Å². The van der Waals surface area contributed by atoms with Crippen molar-refractivity contribution in [3.63, 3.8) is 0 Å². The predicted molar refractivity (Wildman–Crippen MR) is 79.1 cm³/mol. The fourth-order valence-corrected chi connectivity index (χ4v) is 3.27. The van der Waals surface area contributed by atoms with E-state index in [0.29, 0.717) is 0 Å². The van der Waals surface area contributed by atoms with Crippen LogP contribution in [0.25, 0.3) is 0 Å². The number of hydrogen-bond donors (Lipinski definition) is 1. The van der Waals surface area contributed by atoms with Crippen LogP contribution in [0.15, 0.2) is 18.2 Å². The first-order chi connectivity index (χ1) is 9.27. The van der Waals surface area contributed by atoms with E-state index in [1.165, 1.54) is 4.31 Å².